The summed E-state index contributed by atoms with van der Waals surface area (Å²) in [6, 6.07) is 18.7. The van der Waals surface area contributed by atoms with E-state index in [4.69, 9.17) is 23.2 Å². The molecular formula is C28H30Cl2IN3O4S. The number of nitrogens with zero attached hydrogens (tertiary/aromatic N) is 2. The molecule has 11 heteroatoms. The molecule has 3 rings (SSSR count). The second kappa shape index (κ2) is 13.8. The Hall–Kier alpha value is -2.34. The van der Waals surface area contributed by atoms with Crippen molar-refractivity contribution in [1.82, 2.24) is 10.2 Å². The van der Waals surface area contributed by atoms with Crippen molar-refractivity contribution in [2.75, 3.05) is 10.8 Å². The van der Waals surface area contributed by atoms with Crippen LogP contribution in [0.15, 0.2) is 77.7 Å². The molecule has 1 atom stereocenters. The molecule has 39 heavy (non-hydrogen) atoms. The Morgan fingerprint density at radius 1 is 0.974 bits per heavy atom. The largest absolute Gasteiger partial charge is 0.352 e. The summed E-state index contributed by atoms with van der Waals surface area (Å²) in [7, 11) is -4.11. The fourth-order valence-electron chi connectivity index (χ4n) is 3.99. The van der Waals surface area contributed by atoms with Crippen molar-refractivity contribution < 1.29 is 18.0 Å². The van der Waals surface area contributed by atoms with E-state index in [0.29, 0.717) is 27.7 Å². The molecule has 3 aromatic carbocycles. The molecule has 0 bridgehead atoms. The zero-order valence-electron chi connectivity index (χ0n) is 21.8. The van der Waals surface area contributed by atoms with Crippen LogP contribution in [-0.2, 0) is 26.2 Å². The van der Waals surface area contributed by atoms with E-state index in [2.05, 4.69) is 27.9 Å². The Labute approximate surface area is 253 Å². The summed E-state index contributed by atoms with van der Waals surface area (Å²) in [4.78, 5) is 28.6. The van der Waals surface area contributed by atoms with Crippen molar-refractivity contribution in [3.05, 3.63) is 92.0 Å². The summed E-state index contributed by atoms with van der Waals surface area (Å²) >= 11 is 14.6. The Kier molecular flexibility index (Phi) is 11.1. The van der Waals surface area contributed by atoms with Gasteiger partial charge in [-0.3, -0.25) is 13.9 Å². The minimum atomic E-state index is -4.11. The molecule has 0 aliphatic rings. The first-order chi connectivity index (χ1) is 18.4. The normalized spacial score (nSPS) is 12.2. The van der Waals surface area contributed by atoms with Gasteiger partial charge in [0.1, 0.15) is 12.6 Å². The van der Waals surface area contributed by atoms with E-state index in [-0.39, 0.29) is 23.4 Å². The number of hydrogen-bond acceptors (Lipinski definition) is 4. The maximum atomic E-state index is 14.0. The van der Waals surface area contributed by atoms with Gasteiger partial charge in [-0.1, -0.05) is 54.4 Å². The van der Waals surface area contributed by atoms with Crippen LogP contribution in [-0.4, -0.2) is 43.8 Å². The van der Waals surface area contributed by atoms with E-state index >= 15 is 0 Å². The fourth-order valence-corrected chi connectivity index (χ4v) is 6.25. The molecule has 2 amide bonds. The van der Waals surface area contributed by atoms with Crippen LogP contribution in [0.25, 0.3) is 0 Å². The number of anilines is 1. The van der Waals surface area contributed by atoms with Crippen molar-refractivity contribution in [3.8, 4) is 0 Å². The predicted molar refractivity (Wildman–Crippen MR) is 165 cm³/mol. The first-order valence-electron chi connectivity index (χ1n) is 12.3. The first kappa shape index (κ1) is 31.2. The molecule has 0 aromatic heterocycles. The van der Waals surface area contributed by atoms with Gasteiger partial charge in [-0.25, -0.2) is 8.42 Å². The molecule has 1 unspecified atom stereocenters. The van der Waals surface area contributed by atoms with Crippen molar-refractivity contribution >= 4 is 73.3 Å². The quantitative estimate of drug-likeness (QED) is 0.244. The van der Waals surface area contributed by atoms with Gasteiger partial charge in [0.15, 0.2) is 0 Å². The zero-order valence-corrected chi connectivity index (χ0v) is 26.3. The first-order valence-corrected chi connectivity index (χ1v) is 15.6. The number of halogens is 3. The SMILES string of the molecule is CCC(C(=O)NC(C)C)N(Cc1ccc(Cl)cc1Cl)C(=O)CN(c1ccc(I)cc1)S(=O)(=O)c1ccccc1. The molecule has 0 fully saturated rings. The molecule has 3 aromatic rings. The molecule has 1 N–H and O–H groups in total. The van der Waals surface area contributed by atoms with Crippen molar-refractivity contribution in [1.29, 1.82) is 0 Å². The van der Waals surface area contributed by atoms with E-state index in [9.17, 15) is 18.0 Å². The minimum Gasteiger partial charge on any atom is -0.352 e. The van der Waals surface area contributed by atoms with Gasteiger partial charge in [-0.2, -0.15) is 0 Å². The van der Waals surface area contributed by atoms with Crippen molar-refractivity contribution in [3.63, 3.8) is 0 Å². The summed E-state index contributed by atoms with van der Waals surface area (Å²) in [5, 5.41) is 3.64. The number of hydrogen-bond donors (Lipinski definition) is 1. The molecule has 0 heterocycles. The number of carbonyl (C=O) groups excluding carboxylic acids is 2. The number of sulfonamides is 1. The van der Waals surface area contributed by atoms with Gasteiger partial charge in [0.25, 0.3) is 10.0 Å². The number of benzene rings is 3. The van der Waals surface area contributed by atoms with Crippen LogP contribution in [0, 0.1) is 3.57 Å². The average Bonchev–Trinajstić information content (AvgIpc) is 2.89. The van der Waals surface area contributed by atoms with Crippen LogP contribution < -0.4 is 9.62 Å². The van der Waals surface area contributed by atoms with Crippen LogP contribution in [0.2, 0.25) is 10.0 Å². The summed E-state index contributed by atoms with van der Waals surface area (Å²) < 4.78 is 29.6. The standard InChI is InChI=1S/C28H30Cl2IN3O4S/c1-4-26(28(36)32-19(2)3)33(17-20-10-11-21(29)16-25(20)30)27(35)18-34(23-14-12-22(31)13-15-23)39(37,38)24-8-6-5-7-9-24/h5-16,19,26H,4,17-18H2,1-3H3,(H,32,36). The van der Waals surface area contributed by atoms with Gasteiger partial charge in [-0.05, 0) is 97.0 Å². The maximum Gasteiger partial charge on any atom is 0.264 e. The van der Waals surface area contributed by atoms with E-state index < -0.39 is 28.5 Å². The third-order valence-corrected chi connectivity index (χ3v) is 8.99. The Morgan fingerprint density at radius 3 is 2.18 bits per heavy atom. The van der Waals surface area contributed by atoms with Gasteiger partial charge in [0.2, 0.25) is 11.8 Å². The summed E-state index contributed by atoms with van der Waals surface area (Å²) in [5.74, 6) is -0.887. The lowest BCUT2D eigenvalue weighted by atomic mass is 10.1. The lowest BCUT2D eigenvalue weighted by Gasteiger charge is -2.33. The predicted octanol–water partition coefficient (Wildman–Crippen LogP) is 6.13. The maximum absolute atomic E-state index is 14.0. The van der Waals surface area contributed by atoms with Gasteiger partial charge >= 0.3 is 0 Å². The molecule has 0 aliphatic carbocycles. The molecule has 0 aliphatic heterocycles. The number of carbonyl (C=O) groups is 2. The van der Waals surface area contributed by atoms with Crippen LogP contribution in [0.1, 0.15) is 32.8 Å². The molecule has 0 radical (unpaired) electrons. The van der Waals surface area contributed by atoms with Crippen LogP contribution >= 0.6 is 45.8 Å². The number of rotatable bonds is 11. The molecule has 0 saturated heterocycles. The second-order valence-electron chi connectivity index (χ2n) is 9.15. The van der Waals surface area contributed by atoms with E-state index in [1.165, 1.54) is 17.0 Å². The Morgan fingerprint density at radius 2 is 1.62 bits per heavy atom. The molecule has 208 valence electrons. The topological polar surface area (TPSA) is 86.8 Å². The van der Waals surface area contributed by atoms with Gasteiger partial charge in [0, 0.05) is 26.2 Å². The molecule has 0 saturated carbocycles. The van der Waals surface area contributed by atoms with Crippen LogP contribution in [0.4, 0.5) is 5.69 Å². The zero-order chi connectivity index (χ0) is 28.7. The second-order valence-corrected chi connectivity index (χ2v) is 13.1. The third-order valence-electron chi connectivity index (χ3n) is 5.90. The monoisotopic (exact) mass is 701 g/mol. The van der Waals surface area contributed by atoms with Crippen LogP contribution in [0.3, 0.4) is 0 Å². The van der Waals surface area contributed by atoms with Gasteiger partial charge in [0.05, 0.1) is 10.6 Å². The minimum absolute atomic E-state index is 0.00916. The molecular weight excluding hydrogens is 672 g/mol. The summed E-state index contributed by atoms with van der Waals surface area (Å²) in [6.45, 7) is 4.93. The van der Waals surface area contributed by atoms with Gasteiger partial charge < -0.3 is 10.2 Å². The number of nitrogens with one attached hydrogen (secondary N) is 1. The Bertz CT molecular complexity index is 1400. The lowest BCUT2D eigenvalue weighted by Crippen LogP contribution is -2.53. The number of amides is 2. The lowest BCUT2D eigenvalue weighted by molar-refractivity contribution is -0.140. The highest BCUT2D eigenvalue weighted by molar-refractivity contribution is 14.1. The summed E-state index contributed by atoms with van der Waals surface area (Å²) in [6.07, 6.45) is 0.310. The van der Waals surface area contributed by atoms with E-state index in [1.807, 2.05) is 13.8 Å². The fraction of sp³-hybridized carbons (Fsp3) is 0.286. The highest BCUT2D eigenvalue weighted by Crippen LogP contribution is 2.27. The van der Waals surface area contributed by atoms with E-state index in [1.54, 1.807) is 67.6 Å². The van der Waals surface area contributed by atoms with Gasteiger partial charge in [-0.15, -0.1) is 0 Å². The van der Waals surface area contributed by atoms with E-state index in [0.717, 1.165) is 7.88 Å². The highest BCUT2D eigenvalue weighted by atomic mass is 127. The smallest absolute Gasteiger partial charge is 0.264 e. The molecule has 7 nitrogen and oxygen atoms in total. The van der Waals surface area contributed by atoms with Crippen molar-refractivity contribution in [2.45, 2.75) is 50.7 Å². The molecule has 0 spiro atoms. The Balaban J connectivity index is 2.07. The average molecular weight is 702 g/mol. The summed E-state index contributed by atoms with van der Waals surface area (Å²) in [5.41, 5.74) is 0.911. The van der Waals surface area contributed by atoms with Crippen molar-refractivity contribution in [2.24, 2.45) is 0 Å². The highest BCUT2D eigenvalue weighted by Gasteiger charge is 2.34. The van der Waals surface area contributed by atoms with Crippen LogP contribution in [0.5, 0.6) is 0 Å². The third kappa shape index (κ3) is 8.09.